The monoisotopic (exact) mass is 570 g/mol. The van der Waals surface area contributed by atoms with Gasteiger partial charge < -0.3 is 14.5 Å². The van der Waals surface area contributed by atoms with Crippen LogP contribution in [0.1, 0.15) is 36.5 Å². The van der Waals surface area contributed by atoms with Gasteiger partial charge in [-0.15, -0.1) is 0 Å². The Hall–Kier alpha value is -3.82. The van der Waals surface area contributed by atoms with Crippen molar-refractivity contribution in [3.63, 3.8) is 0 Å². The van der Waals surface area contributed by atoms with Crippen molar-refractivity contribution >= 4 is 23.3 Å². The van der Waals surface area contributed by atoms with Gasteiger partial charge in [-0.1, -0.05) is 60.7 Å². The molecule has 1 aromatic heterocycles. The molecule has 1 fully saturated rings. The Labute approximate surface area is 248 Å². The molecule has 0 saturated carbocycles. The first-order chi connectivity index (χ1) is 20.4. The molecule has 0 radical (unpaired) electrons. The van der Waals surface area contributed by atoms with Gasteiger partial charge >= 0.3 is 11.7 Å². The molecule has 0 N–H and O–H groups in total. The molecule has 222 valence electrons. The molecule has 0 aliphatic carbocycles. The summed E-state index contributed by atoms with van der Waals surface area (Å²) >= 11 is 0. The van der Waals surface area contributed by atoms with Gasteiger partial charge in [0.25, 0.3) is 0 Å². The zero-order valence-corrected chi connectivity index (χ0v) is 25.2. The average Bonchev–Trinajstić information content (AvgIpc) is 3.00. The van der Waals surface area contributed by atoms with E-state index in [2.05, 4.69) is 34.1 Å². The standard InChI is InChI=1S/C33H42N6O3/c1-5-42-32(40)27-24(2)34-31-29(28(27)26-14-10-7-11-15-26)30(35-33(41)39(31)23-18-36(3)4)38-21-19-37(20-22-38)17-16-25-12-8-6-9-13-25/h6-15,27-28H,5,16-23H2,1-4H3. The second-order valence-electron chi connectivity index (χ2n) is 11.3. The van der Waals surface area contributed by atoms with Crippen LogP contribution < -0.4 is 10.6 Å². The molecule has 42 heavy (non-hydrogen) atoms. The van der Waals surface area contributed by atoms with Crippen molar-refractivity contribution in [2.24, 2.45) is 10.9 Å². The number of benzene rings is 2. The second kappa shape index (κ2) is 13.4. The molecule has 3 aromatic rings. The van der Waals surface area contributed by atoms with Crippen LogP contribution in [0.2, 0.25) is 0 Å². The maximum Gasteiger partial charge on any atom is 0.351 e. The molecule has 2 aromatic carbocycles. The van der Waals surface area contributed by atoms with Crippen LogP contribution in [0.3, 0.4) is 0 Å². The van der Waals surface area contributed by atoms with Gasteiger partial charge in [0.15, 0.2) is 0 Å². The minimum Gasteiger partial charge on any atom is -0.465 e. The van der Waals surface area contributed by atoms with E-state index in [4.69, 9.17) is 14.7 Å². The van der Waals surface area contributed by atoms with E-state index in [1.165, 1.54) is 5.56 Å². The van der Waals surface area contributed by atoms with E-state index in [1.807, 2.05) is 69.2 Å². The molecule has 2 aliphatic rings. The molecule has 1 saturated heterocycles. The number of nitrogens with zero attached hydrogens (tertiary/aromatic N) is 6. The zero-order chi connectivity index (χ0) is 29.6. The first-order valence-corrected chi connectivity index (χ1v) is 14.9. The largest absolute Gasteiger partial charge is 0.465 e. The summed E-state index contributed by atoms with van der Waals surface area (Å²) in [7, 11) is 3.96. The van der Waals surface area contributed by atoms with Crippen molar-refractivity contribution in [2.75, 3.05) is 64.9 Å². The maximum absolute atomic E-state index is 13.6. The minimum absolute atomic E-state index is 0.287. The summed E-state index contributed by atoms with van der Waals surface area (Å²) in [6, 6.07) is 20.6. The molecule has 3 heterocycles. The van der Waals surface area contributed by atoms with Crippen LogP contribution in [-0.2, 0) is 22.5 Å². The molecule has 2 aliphatic heterocycles. The highest BCUT2D eigenvalue weighted by Crippen LogP contribution is 2.46. The fourth-order valence-electron chi connectivity index (χ4n) is 6.01. The maximum atomic E-state index is 13.6. The van der Waals surface area contributed by atoms with Crippen LogP contribution in [-0.4, -0.2) is 91.0 Å². The molecular formula is C33H42N6O3. The summed E-state index contributed by atoms with van der Waals surface area (Å²) in [4.78, 5) is 43.5. The summed E-state index contributed by atoms with van der Waals surface area (Å²) in [5.41, 5.74) is 3.49. The summed E-state index contributed by atoms with van der Waals surface area (Å²) in [6.07, 6.45) is 1.00. The molecule has 0 bridgehead atoms. The van der Waals surface area contributed by atoms with Crippen LogP contribution in [0, 0.1) is 5.92 Å². The lowest BCUT2D eigenvalue weighted by molar-refractivity contribution is -0.146. The molecule has 9 nitrogen and oxygen atoms in total. The van der Waals surface area contributed by atoms with E-state index in [0.717, 1.165) is 50.3 Å². The van der Waals surface area contributed by atoms with Crippen LogP contribution in [0.25, 0.3) is 0 Å². The van der Waals surface area contributed by atoms with Crippen molar-refractivity contribution in [1.82, 2.24) is 19.4 Å². The lowest BCUT2D eigenvalue weighted by Gasteiger charge is -2.39. The fourth-order valence-corrected chi connectivity index (χ4v) is 6.01. The Morgan fingerprint density at radius 3 is 2.29 bits per heavy atom. The van der Waals surface area contributed by atoms with Gasteiger partial charge in [0.2, 0.25) is 0 Å². The van der Waals surface area contributed by atoms with Gasteiger partial charge in [0.05, 0.1) is 6.61 Å². The number of fused-ring (bicyclic) bond motifs is 1. The Bertz CT molecular complexity index is 1450. The third-order valence-electron chi connectivity index (χ3n) is 8.25. The third-order valence-corrected chi connectivity index (χ3v) is 8.25. The predicted molar refractivity (Wildman–Crippen MR) is 167 cm³/mol. The van der Waals surface area contributed by atoms with Crippen LogP contribution in [0.5, 0.6) is 0 Å². The van der Waals surface area contributed by atoms with Crippen molar-refractivity contribution in [3.05, 3.63) is 87.8 Å². The predicted octanol–water partition coefficient (Wildman–Crippen LogP) is 3.59. The molecule has 9 heteroatoms. The summed E-state index contributed by atoms with van der Waals surface area (Å²) in [5.74, 6) is -0.0422. The summed E-state index contributed by atoms with van der Waals surface area (Å²) in [6.45, 7) is 9.30. The van der Waals surface area contributed by atoms with E-state index >= 15 is 0 Å². The number of rotatable bonds is 10. The number of aromatic nitrogens is 2. The van der Waals surface area contributed by atoms with Crippen LogP contribution in [0.4, 0.5) is 11.6 Å². The number of carbonyl (C=O) groups excluding carboxylic acids is 1. The lowest BCUT2D eigenvalue weighted by atomic mass is 9.76. The molecule has 5 rings (SSSR count). The third kappa shape index (κ3) is 6.47. The molecule has 2 unspecified atom stereocenters. The number of piperazine rings is 1. The van der Waals surface area contributed by atoms with Crippen LogP contribution in [0.15, 0.2) is 70.5 Å². The van der Waals surface area contributed by atoms with Crippen molar-refractivity contribution in [2.45, 2.75) is 32.7 Å². The highest BCUT2D eigenvalue weighted by molar-refractivity contribution is 6.05. The first kappa shape index (κ1) is 29.7. The number of ether oxygens (including phenoxy) is 1. The van der Waals surface area contributed by atoms with Gasteiger partial charge in [-0.2, -0.15) is 4.98 Å². The average molecular weight is 571 g/mol. The number of esters is 1. The number of aliphatic imine (C=N–C) groups is 1. The lowest BCUT2D eigenvalue weighted by Crippen LogP contribution is -2.49. The van der Waals surface area contributed by atoms with Crippen molar-refractivity contribution < 1.29 is 9.53 Å². The van der Waals surface area contributed by atoms with E-state index in [0.29, 0.717) is 30.4 Å². The number of likely N-dealkylation sites (N-methyl/N-ethyl adjacent to an activating group) is 1. The van der Waals surface area contributed by atoms with Crippen LogP contribution >= 0.6 is 0 Å². The number of anilines is 1. The summed E-state index contributed by atoms with van der Waals surface area (Å²) < 4.78 is 7.25. The van der Waals surface area contributed by atoms with Gasteiger partial charge in [-0.3, -0.25) is 14.3 Å². The van der Waals surface area contributed by atoms with E-state index in [-0.39, 0.29) is 24.2 Å². The Morgan fingerprint density at radius 1 is 0.976 bits per heavy atom. The molecular weight excluding hydrogens is 528 g/mol. The van der Waals surface area contributed by atoms with Gasteiger partial charge in [0.1, 0.15) is 17.6 Å². The number of hydrogen-bond donors (Lipinski definition) is 0. The molecule has 0 amide bonds. The second-order valence-corrected chi connectivity index (χ2v) is 11.3. The Morgan fingerprint density at radius 2 is 1.64 bits per heavy atom. The summed E-state index contributed by atoms with van der Waals surface area (Å²) in [5, 5.41) is 0. The van der Waals surface area contributed by atoms with E-state index < -0.39 is 5.92 Å². The first-order valence-electron chi connectivity index (χ1n) is 14.9. The van der Waals surface area contributed by atoms with Gasteiger partial charge in [-0.05, 0) is 45.5 Å². The van der Waals surface area contributed by atoms with Crippen molar-refractivity contribution in [1.29, 1.82) is 0 Å². The highest BCUT2D eigenvalue weighted by Gasteiger charge is 2.43. The van der Waals surface area contributed by atoms with Gasteiger partial charge in [-0.25, -0.2) is 9.79 Å². The molecule has 0 spiro atoms. The fraction of sp³-hybridized carbons (Fsp3) is 0.455. The topological polar surface area (TPSA) is 83.3 Å². The number of hydrogen-bond acceptors (Lipinski definition) is 8. The van der Waals surface area contributed by atoms with Crippen molar-refractivity contribution in [3.8, 4) is 0 Å². The Balaban J connectivity index is 1.54. The number of carbonyl (C=O) groups is 1. The van der Waals surface area contributed by atoms with E-state index in [9.17, 15) is 9.59 Å². The Kier molecular flexibility index (Phi) is 9.49. The minimum atomic E-state index is -0.604. The normalized spacial score (nSPS) is 19.0. The quantitative estimate of drug-likeness (QED) is 0.345. The smallest absolute Gasteiger partial charge is 0.351 e. The van der Waals surface area contributed by atoms with Gasteiger partial charge in [0, 0.05) is 63.0 Å². The SMILES string of the molecule is CCOC(=O)C1C(C)=Nc2c(c(N3CCN(CCc4ccccc4)CC3)nc(=O)n2CCN(C)C)C1c1ccccc1. The van der Waals surface area contributed by atoms with E-state index in [1.54, 1.807) is 4.57 Å². The molecule has 2 atom stereocenters. The zero-order valence-electron chi connectivity index (χ0n) is 25.2. The highest BCUT2D eigenvalue weighted by atomic mass is 16.5.